The summed E-state index contributed by atoms with van der Waals surface area (Å²) in [5.41, 5.74) is 6.39. The average Bonchev–Trinajstić information content (AvgIpc) is 3.22. The molecule has 7 heteroatoms. The fourth-order valence-electron chi connectivity index (χ4n) is 2.64. The van der Waals surface area contributed by atoms with E-state index in [0.717, 1.165) is 25.2 Å². The zero-order valence-electron chi connectivity index (χ0n) is 12.6. The van der Waals surface area contributed by atoms with Gasteiger partial charge < -0.3 is 25.2 Å². The number of aliphatic hydroxyl groups excluding tert-OH is 1. The number of nitrogens with zero attached hydrogens (tertiary/aromatic N) is 2. The Morgan fingerprint density at radius 2 is 2.27 bits per heavy atom. The van der Waals surface area contributed by atoms with E-state index in [0.29, 0.717) is 24.2 Å². The maximum absolute atomic E-state index is 11.5. The summed E-state index contributed by atoms with van der Waals surface area (Å²) in [4.78, 5) is 17.7. The number of ether oxygens (including phenoxy) is 2. The average molecular weight is 307 g/mol. The molecule has 120 valence electrons. The lowest BCUT2D eigenvalue weighted by atomic mass is 10.1. The smallest absolute Gasteiger partial charge is 0.271 e. The second-order valence-electron chi connectivity index (χ2n) is 5.92. The van der Waals surface area contributed by atoms with Crippen molar-refractivity contribution in [1.29, 1.82) is 0 Å². The highest BCUT2D eigenvalue weighted by molar-refractivity contribution is 5.94. The summed E-state index contributed by atoms with van der Waals surface area (Å²) < 4.78 is 11.0. The SMILES string of the molecule is COC1CN(c2cnc(C(N)=O)c(OC[C@H]3C[C@@H]3CO)c2)C1. The van der Waals surface area contributed by atoms with Crippen molar-refractivity contribution in [2.24, 2.45) is 17.6 Å². The summed E-state index contributed by atoms with van der Waals surface area (Å²) in [6.07, 6.45) is 2.82. The quantitative estimate of drug-likeness (QED) is 0.737. The predicted octanol–water partition coefficient (Wildman–Crippen LogP) is 0.0227. The van der Waals surface area contributed by atoms with Crippen LogP contribution in [0.3, 0.4) is 0 Å². The van der Waals surface area contributed by atoms with Gasteiger partial charge in [-0.25, -0.2) is 4.98 Å². The molecule has 2 fully saturated rings. The third-order valence-electron chi connectivity index (χ3n) is 4.37. The summed E-state index contributed by atoms with van der Waals surface area (Å²) in [7, 11) is 1.69. The minimum absolute atomic E-state index is 0.147. The van der Waals surface area contributed by atoms with Crippen LogP contribution in [-0.4, -0.2) is 55.5 Å². The van der Waals surface area contributed by atoms with Crippen LogP contribution < -0.4 is 15.4 Å². The minimum atomic E-state index is -0.602. The first kappa shape index (κ1) is 15.1. The monoisotopic (exact) mass is 307 g/mol. The van der Waals surface area contributed by atoms with Gasteiger partial charge in [-0.15, -0.1) is 0 Å². The van der Waals surface area contributed by atoms with Crippen molar-refractivity contribution in [2.45, 2.75) is 12.5 Å². The van der Waals surface area contributed by atoms with Gasteiger partial charge in [-0.05, 0) is 18.3 Å². The molecular weight excluding hydrogens is 286 g/mol. The molecule has 1 aliphatic heterocycles. The van der Waals surface area contributed by atoms with Crippen molar-refractivity contribution in [3.63, 3.8) is 0 Å². The Labute approximate surface area is 129 Å². The first-order chi connectivity index (χ1) is 10.6. The van der Waals surface area contributed by atoms with E-state index >= 15 is 0 Å². The number of nitrogens with two attached hydrogens (primary N) is 1. The topological polar surface area (TPSA) is 97.9 Å². The second-order valence-corrected chi connectivity index (χ2v) is 5.92. The molecule has 0 radical (unpaired) electrons. The molecule has 3 rings (SSSR count). The summed E-state index contributed by atoms with van der Waals surface area (Å²) in [5.74, 6) is 0.464. The first-order valence-electron chi connectivity index (χ1n) is 7.43. The standard InChI is InChI=1S/C15H21N3O4/c1-21-12-5-18(6-12)11-3-13(14(15(16)20)17-4-11)22-8-10-2-9(10)7-19/h3-4,9-10,12,19H,2,5-8H2,1H3,(H2,16,20)/t9-,10-/m1/s1. The van der Waals surface area contributed by atoms with Crippen LogP contribution in [0.1, 0.15) is 16.9 Å². The highest BCUT2D eigenvalue weighted by Gasteiger charge is 2.37. The number of hydrogen-bond donors (Lipinski definition) is 2. The Morgan fingerprint density at radius 1 is 1.50 bits per heavy atom. The van der Waals surface area contributed by atoms with Crippen molar-refractivity contribution in [2.75, 3.05) is 38.3 Å². The Kier molecular flexibility index (Phi) is 4.17. The Morgan fingerprint density at radius 3 is 2.86 bits per heavy atom. The molecule has 0 unspecified atom stereocenters. The fourth-order valence-corrected chi connectivity index (χ4v) is 2.64. The van der Waals surface area contributed by atoms with Crippen molar-refractivity contribution >= 4 is 11.6 Å². The van der Waals surface area contributed by atoms with Gasteiger partial charge in [0.25, 0.3) is 5.91 Å². The highest BCUT2D eigenvalue weighted by Crippen LogP contribution is 2.38. The van der Waals surface area contributed by atoms with Crippen molar-refractivity contribution < 1.29 is 19.4 Å². The normalized spacial score (nSPS) is 24.0. The second kappa shape index (κ2) is 6.10. The molecule has 2 atom stereocenters. The lowest BCUT2D eigenvalue weighted by Crippen LogP contribution is -2.51. The number of aliphatic hydroxyl groups is 1. The van der Waals surface area contributed by atoms with E-state index in [1.54, 1.807) is 19.4 Å². The Hall–Kier alpha value is -1.86. The summed E-state index contributed by atoms with van der Waals surface area (Å²) in [6, 6.07) is 1.80. The van der Waals surface area contributed by atoms with Gasteiger partial charge in [0, 0.05) is 32.9 Å². The molecule has 1 amide bonds. The van der Waals surface area contributed by atoms with Crippen LogP contribution >= 0.6 is 0 Å². The van der Waals surface area contributed by atoms with Crippen molar-refractivity contribution in [3.05, 3.63) is 18.0 Å². The van der Waals surface area contributed by atoms with Crippen molar-refractivity contribution in [1.82, 2.24) is 4.98 Å². The van der Waals surface area contributed by atoms with Crippen LogP contribution in [0, 0.1) is 11.8 Å². The number of carbonyl (C=O) groups excluding carboxylic acids is 1. The van der Waals surface area contributed by atoms with E-state index in [1.165, 1.54) is 0 Å². The molecule has 1 saturated carbocycles. The fraction of sp³-hybridized carbons (Fsp3) is 0.600. The van der Waals surface area contributed by atoms with E-state index in [9.17, 15) is 4.79 Å². The largest absolute Gasteiger partial charge is 0.491 e. The zero-order valence-corrected chi connectivity index (χ0v) is 12.6. The van der Waals surface area contributed by atoms with Gasteiger partial charge in [0.2, 0.25) is 0 Å². The molecule has 2 aliphatic rings. The van der Waals surface area contributed by atoms with Gasteiger partial charge in [-0.1, -0.05) is 0 Å². The number of carbonyl (C=O) groups is 1. The summed E-state index contributed by atoms with van der Waals surface area (Å²) >= 11 is 0. The van der Waals surface area contributed by atoms with E-state index in [4.69, 9.17) is 20.3 Å². The summed E-state index contributed by atoms with van der Waals surface area (Å²) in [6.45, 7) is 2.24. The number of aromatic nitrogens is 1. The van der Waals surface area contributed by atoms with E-state index in [1.807, 2.05) is 0 Å². The van der Waals surface area contributed by atoms with Gasteiger partial charge in [-0.3, -0.25) is 4.79 Å². The van der Waals surface area contributed by atoms with Gasteiger partial charge in [0.05, 0.1) is 24.6 Å². The molecule has 0 bridgehead atoms. The van der Waals surface area contributed by atoms with Crippen LogP contribution in [0.2, 0.25) is 0 Å². The van der Waals surface area contributed by atoms with Gasteiger partial charge in [-0.2, -0.15) is 0 Å². The Bertz CT molecular complexity index is 560. The van der Waals surface area contributed by atoms with E-state index in [-0.39, 0.29) is 18.4 Å². The van der Waals surface area contributed by atoms with E-state index in [2.05, 4.69) is 9.88 Å². The number of amides is 1. The number of primary amides is 1. The molecule has 3 N–H and O–H groups in total. The minimum Gasteiger partial charge on any atom is -0.491 e. The van der Waals surface area contributed by atoms with Gasteiger partial charge in [0.15, 0.2) is 11.4 Å². The molecule has 22 heavy (non-hydrogen) atoms. The number of rotatable bonds is 7. The Balaban J connectivity index is 1.69. The zero-order chi connectivity index (χ0) is 15.7. The lowest BCUT2D eigenvalue weighted by Gasteiger charge is -2.39. The molecule has 1 saturated heterocycles. The lowest BCUT2D eigenvalue weighted by molar-refractivity contribution is 0.0786. The molecule has 1 aromatic heterocycles. The van der Waals surface area contributed by atoms with E-state index < -0.39 is 5.91 Å². The number of pyridine rings is 1. The molecule has 0 spiro atoms. The number of hydrogen-bond acceptors (Lipinski definition) is 6. The number of anilines is 1. The molecule has 2 heterocycles. The highest BCUT2D eigenvalue weighted by atomic mass is 16.5. The number of methoxy groups -OCH3 is 1. The van der Waals surface area contributed by atoms with Crippen LogP contribution in [0.25, 0.3) is 0 Å². The van der Waals surface area contributed by atoms with Crippen LogP contribution in [-0.2, 0) is 4.74 Å². The third-order valence-corrected chi connectivity index (χ3v) is 4.37. The molecule has 1 aromatic rings. The summed E-state index contributed by atoms with van der Waals surface area (Å²) in [5, 5.41) is 9.06. The predicted molar refractivity (Wildman–Crippen MR) is 79.9 cm³/mol. The molecule has 7 nitrogen and oxygen atoms in total. The maximum Gasteiger partial charge on any atom is 0.271 e. The van der Waals surface area contributed by atoms with Gasteiger partial charge >= 0.3 is 0 Å². The van der Waals surface area contributed by atoms with Gasteiger partial charge in [0.1, 0.15) is 0 Å². The van der Waals surface area contributed by atoms with Crippen LogP contribution in [0.4, 0.5) is 5.69 Å². The van der Waals surface area contributed by atoms with Crippen molar-refractivity contribution in [3.8, 4) is 5.75 Å². The maximum atomic E-state index is 11.5. The molecule has 1 aliphatic carbocycles. The van der Waals surface area contributed by atoms with Crippen LogP contribution in [0.15, 0.2) is 12.3 Å². The molecular formula is C15H21N3O4. The van der Waals surface area contributed by atoms with Crippen LogP contribution in [0.5, 0.6) is 5.75 Å². The first-order valence-corrected chi connectivity index (χ1v) is 7.43. The third kappa shape index (κ3) is 3.00. The molecule has 0 aromatic carbocycles.